The summed E-state index contributed by atoms with van der Waals surface area (Å²) in [7, 11) is 0. The van der Waals surface area contributed by atoms with E-state index in [-0.39, 0.29) is 0 Å². The predicted octanol–water partition coefficient (Wildman–Crippen LogP) is 2.23. The Hall–Kier alpha value is -0.760. The second-order valence-corrected chi connectivity index (χ2v) is 4.32. The summed E-state index contributed by atoms with van der Waals surface area (Å²) >= 11 is 0. The zero-order valence-electron chi connectivity index (χ0n) is 8.43. The average Bonchev–Trinajstić information content (AvgIpc) is 2.58. The van der Waals surface area contributed by atoms with Crippen LogP contribution in [0.1, 0.15) is 42.1 Å². The van der Waals surface area contributed by atoms with Crippen LogP contribution >= 0.6 is 0 Å². The van der Waals surface area contributed by atoms with Gasteiger partial charge in [-0.1, -0.05) is 0 Å². The van der Waals surface area contributed by atoms with Crippen molar-refractivity contribution in [2.24, 2.45) is 5.73 Å². The quantitative estimate of drug-likeness (QED) is 0.680. The third-order valence-electron chi connectivity index (χ3n) is 3.07. The van der Waals surface area contributed by atoms with Gasteiger partial charge in [0.15, 0.2) is 0 Å². The summed E-state index contributed by atoms with van der Waals surface area (Å²) in [5.41, 5.74) is 10.00. The first kappa shape index (κ1) is 8.82. The van der Waals surface area contributed by atoms with Gasteiger partial charge in [-0.3, -0.25) is 0 Å². The highest BCUT2D eigenvalue weighted by molar-refractivity contribution is 5.27. The molecule has 0 amide bonds. The number of aromatic nitrogens is 1. The summed E-state index contributed by atoms with van der Waals surface area (Å²) in [5.74, 6) is 0.684. The number of hydrogen-bond donors (Lipinski definition) is 2. The lowest BCUT2D eigenvalue weighted by atomic mass is 10.0. The number of rotatable bonds is 1. The molecule has 3 N–H and O–H groups in total. The van der Waals surface area contributed by atoms with Crippen molar-refractivity contribution >= 4 is 0 Å². The van der Waals surface area contributed by atoms with Crippen molar-refractivity contribution in [1.82, 2.24) is 4.98 Å². The van der Waals surface area contributed by atoms with Crippen molar-refractivity contribution in [2.75, 3.05) is 0 Å². The van der Waals surface area contributed by atoms with E-state index in [4.69, 9.17) is 5.73 Å². The lowest BCUT2D eigenvalue weighted by molar-refractivity contribution is 0.661. The van der Waals surface area contributed by atoms with Crippen LogP contribution in [0.15, 0.2) is 6.07 Å². The summed E-state index contributed by atoms with van der Waals surface area (Å²) in [4.78, 5) is 3.45. The molecule has 1 aliphatic carbocycles. The van der Waals surface area contributed by atoms with Crippen LogP contribution in [0.2, 0.25) is 0 Å². The lowest BCUT2D eigenvalue weighted by Gasteiger charge is -2.08. The van der Waals surface area contributed by atoms with Crippen LogP contribution in [0.3, 0.4) is 0 Å². The Morgan fingerprint density at radius 1 is 1.38 bits per heavy atom. The van der Waals surface area contributed by atoms with Gasteiger partial charge in [-0.15, -0.1) is 0 Å². The van der Waals surface area contributed by atoms with E-state index in [1.54, 1.807) is 0 Å². The average molecular weight is 178 g/mol. The maximum Gasteiger partial charge on any atom is 0.0211 e. The van der Waals surface area contributed by atoms with E-state index < -0.39 is 0 Å². The Morgan fingerprint density at radius 3 is 2.62 bits per heavy atom. The molecule has 2 rings (SSSR count). The molecule has 1 fully saturated rings. The minimum atomic E-state index is 0.424. The Labute approximate surface area is 79.5 Å². The van der Waals surface area contributed by atoms with Crippen LogP contribution in [0.5, 0.6) is 0 Å². The van der Waals surface area contributed by atoms with E-state index >= 15 is 0 Å². The smallest absolute Gasteiger partial charge is 0.0211 e. The van der Waals surface area contributed by atoms with E-state index in [1.165, 1.54) is 29.8 Å². The van der Waals surface area contributed by atoms with Crippen LogP contribution in [-0.4, -0.2) is 11.0 Å². The van der Waals surface area contributed by atoms with Gasteiger partial charge in [-0.05, 0) is 44.7 Å². The molecular weight excluding hydrogens is 160 g/mol. The molecule has 0 aliphatic heterocycles. The van der Waals surface area contributed by atoms with E-state index in [1.807, 2.05) is 0 Å². The molecule has 1 aromatic rings. The largest absolute Gasteiger partial charge is 0.362 e. The molecule has 1 heterocycles. The number of aryl methyl sites for hydroxylation is 2. The Morgan fingerprint density at radius 2 is 2.15 bits per heavy atom. The third kappa shape index (κ3) is 1.63. The highest BCUT2D eigenvalue weighted by atomic mass is 14.7. The molecule has 2 nitrogen and oxygen atoms in total. The number of nitrogens with one attached hydrogen (secondary N) is 1. The van der Waals surface area contributed by atoms with Gasteiger partial charge in [0.25, 0.3) is 0 Å². The molecule has 1 aromatic heterocycles. The predicted molar refractivity (Wildman–Crippen MR) is 54.8 cm³/mol. The van der Waals surface area contributed by atoms with Crippen molar-refractivity contribution in [2.45, 2.75) is 45.1 Å². The van der Waals surface area contributed by atoms with Gasteiger partial charge in [-0.25, -0.2) is 0 Å². The molecule has 0 saturated heterocycles. The number of hydrogen-bond acceptors (Lipinski definition) is 1. The molecule has 2 atom stereocenters. The second-order valence-electron chi connectivity index (χ2n) is 4.32. The zero-order valence-corrected chi connectivity index (χ0v) is 8.43. The topological polar surface area (TPSA) is 41.8 Å². The van der Waals surface area contributed by atoms with Gasteiger partial charge in [0.05, 0.1) is 0 Å². The lowest BCUT2D eigenvalue weighted by Crippen LogP contribution is -2.14. The fourth-order valence-electron chi connectivity index (χ4n) is 2.45. The van der Waals surface area contributed by atoms with Gasteiger partial charge in [0.2, 0.25) is 0 Å². The van der Waals surface area contributed by atoms with Crippen molar-refractivity contribution in [3.63, 3.8) is 0 Å². The SMILES string of the molecule is Cc1cc(C)c(C2CCC(N)C2)[nH]1. The summed E-state index contributed by atoms with van der Waals surface area (Å²) in [6.45, 7) is 4.30. The minimum Gasteiger partial charge on any atom is -0.362 e. The fraction of sp³-hybridized carbons (Fsp3) is 0.636. The maximum absolute atomic E-state index is 5.91. The van der Waals surface area contributed by atoms with Crippen LogP contribution < -0.4 is 5.73 Å². The number of aromatic amines is 1. The Balaban J connectivity index is 2.20. The number of H-pyrrole nitrogens is 1. The van der Waals surface area contributed by atoms with Crippen molar-refractivity contribution < 1.29 is 0 Å². The van der Waals surface area contributed by atoms with E-state index in [9.17, 15) is 0 Å². The van der Waals surface area contributed by atoms with E-state index in [0.29, 0.717) is 12.0 Å². The molecule has 0 radical (unpaired) electrons. The summed E-state index contributed by atoms with van der Waals surface area (Å²) in [6, 6.07) is 2.65. The zero-order chi connectivity index (χ0) is 9.42. The van der Waals surface area contributed by atoms with Gasteiger partial charge < -0.3 is 10.7 Å². The van der Waals surface area contributed by atoms with Crippen molar-refractivity contribution in [1.29, 1.82) is 0 Å². The van der Waals surface area contributed by atoms with E-state index in [0.717, 1.165) is 6.42 Å². The minimum absolute atomic E-state index is 0.424. The molecule has 0 bridgehead atoms. The molecule has 2 heteroatoms. The first-order chi connectivity index (χ1) is 6.16. The van der Waals surface area contributed by atoms with Gasteiger partial charge in [-0.2, -0.15) is 0 Å². The number of nitrogens with two attached hydrogens (primary N) is 1. The Kier molecular flexibility index (Phi) is 2.16. The highest BCUT2D eigenvalue weighted by Gasteiger charge is 2.25. The summed E-state index contributed by atoms with van der Waals surface area (Å²) in [5, 5.41) is 0. The van der Waals surface area contributed by atoms with Crippen molar-refractivity contribution in [3.05, 3.63) is 23.0 Å². The van der Waals surface area contributed by atoms with Crippen LogP contribution in [0.4, 0.5) is 0 Å². The first-order valence-electron chi connectivity index (χ1n) is 5.08. The first-order valence-corrected chi connectivity index (χ1v) is 5.08. The highest BCUT2D eigenvalue weighted by Crippen LogP contribution is 2.34. The van der Waals surface area contributed by atoms with Gasteiger partial charge >= 0.3 is 0 Å². The second kappa shape index (κ2) is 3.18. The van der Waals surface area contributed by atoms with E-state index in [2.05, 4.69) is 24.9 Å². The molecule has 2 unspecified atom stereocenters. The normalized spacial score (nSPS) is 28.2. The van der Waals surface area contributed by atoms with Crippen LogP contribution in [0.25, 0.3) is 0 Å². The third-order valence-corrected chi connectivity index (χ3v) is 3.07. The Bertz CT molecular complexity index is 301. The van der Waals surface area contributed by atoms with Gasteiger partial charge in [0, 0.05) is 23.3 Å². The molecule has 1 saturated carbocycles. The molecule has 0 aromatic carbocycles. The van der Waals surface area contributed by atoms with Crippen molar-refractivity contribution in [3.8, 4) is 0 Å². The van der Waals surface area contributed by atoms with Crippen LogP contribution in [0, 0.1) is 13.8 Å². The molecule has 0 spiro atoms. The van der Waals surface area contributed by atoms with Crippen LogP contribution in [-0.2, 0) is 0 Å². The monoisotopic (exact) mass is 178 g/mol. The maximum atomic E-state index is 5.91. The molecule has 13 heavy (non-hydrogen) atoms. The molecular formula is C11H18N2. The summed E-state index contributed by atoms with van der Waals surface area (Å²) < 4.78 is 0. The standard InChI is InChI=1S/C11H18N2/c1-7-5-8(2)13-11(7)9-3-4-10(12)6-9/h5,9-10,13H,3-4,6,12H2,1-2H3. The van der Waals surface area contributed by atoms with Gasteiger partial charge in [0.1, 0.15) is 0 Å². The summed E-state index contributed by atoms with van der Waals surface area (Å²) in [6.07, 6.45) is 3.59. The molecule has 72 valence electrons. The fourth-order valence-corrected chi connectivity index (χ4v) is 2.45. The molecule has 1 aliphatic rings.